The van der Waals surface area contributed by atoms with E-state index in [4.69, 9.17) is 4.74 Å². The minimum atomic E-state index is 0. The number of rotatable bonds is 4. The molecule has 0 fully saturated rings. The van der Waals surface area contributed by atoms with Gasteiger partial charge >= 0.3 is 0 Å². The highest BCUT2D eigenvalue weighted by molar-refractivity contribution is 4.25. The zero-order chi connectivity index (χ0) is 7.33. The Kier molecular flexibility index (Phi) is 7.99. The van der Waals surface area contributed by atoms with Crippen molar-refractivity contribution >= 4 is 0 Å². The van der Waals surface area contributed by atoms with E-state index < -0.39 is 0 Å². The highest BCUT2D eigenvalue weighted by Crippen LogP contribution is 1.88. The number of hydrogen-bond acceptors (Lipinski definition) is 1. The van der Waals surface area contributed by atoms with Gasteiger partial charge in [-0.2, -0.15) is 0 Å². The molecule has 0 aliphatic rings. The lowest BCUT2D eigenvalue weighted by Gasteiger charge is -2.23. The maximum absolute atomic E-state index is 5.19. The summed E-state index contributed by atoms with van der Waals surface area (Å²) < 4.78 is 6.18. The van der Waals surface area contributed by atoms with Gasteiger partial charge in [0.05, 0.1) is 27.7 Å². The van der Waals surface area contributed by atoms with Gasteiger partial charge in [0.2, 0.25) is 0 Å². The van der Waals surface area contributed by atoms with E-state index in [1.165, 1.54) is 0 Å². The molecule has 0 rings (SSSR count). The third-order valence-electron chi connectivity index (χ3n) is 1.11. The van der Waals surface area contributed by atoms with E-state index >= 15 is 0 Å². The minimum Gasteiger partial charge on any atom is -1.00 e. The summed E-state index contributed by atoms with van der Waals surface area (Å²) in [6.07, 6.45) is 0. The van der Waals surface area contributed by atoms with Crippen LogP contribution in [0.4, 0.5) is 0 Å². The van der Waals surface area contributed by atoms with Crippen molar-refractivity contribution in [3.05, 3.63) is 0 Å². The van der Waals surface area contributed by atoms with E-state index in [-0.39, 0.29) is 17.0 Å². The van der Waals surface area contributed by atoms with Crippen LogP contribution >= 0.6 is 0 Å². The standard InChI is InChI=1S/C7H18NO.BrH/c1-5-9-7-6-8(2,3)4;/h5-7H2,1-4H3;1H/q+1;/p-1. The van der Waals surface area contributed by atoms with E-state index in [0.29, 0.717) is 0 Å². The highest BCUT2D eigenvalue weighted by atomic mass is 79.9. The van der Waals surface area contributed by atoms with Crippen molar-refractivity contribution in [2.75, 3.05) is 40.9 Å². The first-order valence-corrected chi connectivity index (χ1v) is 3.44. The van der Waals surface area contributed by atoms with Crippen LogP contribution in [0.15, 0.2) is 0 Å². The van der Waals surface area contributed by atoms with Crippen LogP contribution in [0.3, 0.4) is 0 Å². The van der Waals surface area contributed by atoms with Gasteiger partial charge in [-0.1, -0.05) is 0 Å². The summed E-state index contributed by atoms with van der Waals surface area (Å²) in [4.78, 5) is 0. The van der Waals surface area contributed by atoms with Crippen LogP contribution in [0.25, 0.3) is 0 Å². The molecule has 0 unspecified atom stereocenters. The first kappa shape index (κ1) is 13.0. The van der Waals surface area contributed by atoms with Crippen molar-refractivity contribution < 1.29 is 26.2 Å². The highest BCUT2D eigenvalue weighted by Gasteiger charge is 2.04. The predicted molar refractivity (Wildman–Crippen MR) is 39.4 cm³/mol. The Hall–Kier alpha value is 0.400. The molecular formula is C7H18BrNO. The quantitative estimate of drug-likeness (QED) is 0.377. The van der Waals surface area contributed by atoms with Crippen molar-refractivity contribution in [1.82, 2.24) is 0 Å². The molecular weight excluding hydrogens is 194 g/mol. The lowest BCUT2D eigenvalue weighted by atomic mass is 10.5. The topological polar surface area (TPSA) is 9.23 Å². The number of likely N-dealkylation sites (N-methyl/N-ethyl adjacent to an activating group) is 1. The van der Waals surface area contributed by atoms with Gasteiger partial charge in [0, 0.05) is 6.61 Å². The lowest BCUT2D eigenvalue weighted by Crippen LogP contribution is -3.00. The fraction of sp³-hybridized carbons (Fsp3) is 1.00. The Labute approximate surface area is 74.5 Å². The van der Waals surface area contributed by atoms with Crippen molar-refractivity contribution in [3.8, 4) is 0 Å². The number of halogens is 1. The summed E-state index contributed by atoms with van der Waals surface area (Å²) in [6, 6.07) is 0. The van der Waals surface area contributed by atoms with Crippen LogP contribution in [-0.4, -0.2) is 45.4 Å². The van der Waals surface area contributed by atoms with Gasteiger partial charge in [-0.05, 0) is 6.92 Å². The molecule has 0 amide bonds. The molecule has 0 aromatic carbocycles. The maximum Gasteiger partial charge on any atom is 0.102 e. The second-order valence-electron chi connectivity index (χ2n) is 3.21. The average molecular weight is 212 g/mol. The molecule has 3 heteroatoms. The molecule has 0 bridgehead atoms. The van der Waals surface area contributed by atoms with Crippen molar-refractivity contribution in [3.63, 3.8) is 0 Å². The van der Waals surface area contributed by atoms with Crippen LogP contribution in [0.5, 0.6) is 0 Å². The van der Waals surface area contributed by atoms with Crippen LogP contribution in [-0.2, 0) is 4.74 Å². The third-order valence-corrected chi connectivity index (χ3v) is 1.11. The Balaban J connectivity index is 0. The van der Waals surface area contributed by atoms with Crippen molar-refractivity contribution in [2.45, 2.75) is 6.92 Å². The van der Waals surface area contributed by atoms with Gasteiger partial charge in [-0.3, -0.25) is 0 Å². The normalized spacial score (nSPS) is 10.8. The number of hydrogen-bond donors (Lipinski definition) is 0. The molecule has 64 valence electrons. The molecule has 0 atom stereocenters. The second-order valence-corrected chi connectivity index (χ2v) is 3.21. The molecule has 2 nitrogen and oxygen atoms in total. The van der Waals surface area contributed by atoms with Crippen LogP contribution in [0.2, 0.25) is 0 Å². The molecule has 0 spiro atoms. The summed E-state index contributed by atoms with van der Waals surface area (Å²) in [5.41, 5.74) is 0. The van der Waals surface area contributed by atoms with Gasteiger partial charge in [-0.25, -0.2) is 0 Å². The monoisotopic (exact) mass is 211 g/mol. The summed E-state index contributed by atoms with van der Waals surface area (Å²) in [6.45, 7) is 4.82. The van der Waals surface area contributed by atoms with Gasteiger partial charge in [0.25, 0.3) is 0 Å². The molecule has 0 saturated heterocycles. The maximum atomic E-state index is 5.19. The number of ether oxygens (including phenoxy) is 1. The first-order valence-electron chi connectivity index (χ1n) is 3.44. The van der Waals surface area contributed by atoms with E-state index in [9.17, 15) is 0 Å². The summed E-state index contributed by atoms with van der Waals surface area (Å²) in [5, 5.41) is 0. The van der Waals surface area contributed by atoms with E-state index in [1.807, 2.05) is 6.92 Å². The van der Waals surface area contributed by atoms with E-state index in [0.717, 1.165) is 24.2 Å². The second kappa shape index (κ2) is 6.13. The molecule has 0 saturated carbocycles. The molecule has 0 radical (unpaired) electrons. The average Bonchev–Trinajstić information content (AvgIpc) is 1.63. The van der Waals surface area contributed by atoms with Crippen LogP contribution < -0.4 is 17.0 Å². The van der Waals surface area contributed by atoms with Gasteiger partial charge in [0.1, 0.15) is 6.54 Å². The molecule has 0 heterocycles. The zero-order valence-electron chi connectivity index (χ0n) is 7.35. The van der Waals surface area contributed by atoms with Crippen LogP contribution in [0.1, 0.15) is 6.92 Å². The molecule has 0 aliphatic carbocycles. The smallest absolute Gasteiger partial charge is 0.102 e. The number of quaternary nitrogens is 1. The molecule has 0 N–H and O–H groups in total. The summed E-state index contributed by atoms with van der Waals surface area (Å²) in [5.74, 6) is 0. The third kappa shape index (κ3) is 11.2. The van der Waals surface area contributed by atoms with Gasteiger partial charge in [-0.15, -0.1) is 0 Å². The van der Waals surface area contributed by atoms with E-state index in [1.54, 1.807) is 0 Å². The van der Waals surface area contributed by atoms with Gasteiger partial charge < -0.3 is 26.2 Å². The first-order chi connectivity index (χ1) is 4.06. The molecule has 0 aromatic rings. The summed E-state index contributed by atoms with van der Waals surface area (Å²) >= 11 is 0. The Morgan fingerprint density at radius 3 is 2.00 bits per heavy atom. The fourth-order valence-corrected chi connectivity index (χ4v) is 0.483. The molecule has 0 aromatic heterocycles. The zero-order valence-corrected chi connectivity index (χ0v) is 8.94. The molecule has 10 heavy (non-hydrogen) atoms. The Morgan fingerprint density at radius 2 is 1.70 bits per heavy atom. The minimum absolute atomic E-state index is 0. The van der Waals surface area contributed by atoms with Crippen molar-refractivity contribution in [2.24, 2.45) is 0 Å². The summed E-state index contributed by atoms with van der Waals surface area (Å²) in [7, 11) is 6.50. The SMILES string of the molecule is CCOCC[N+](C)(C)C.[Br-]. The molecule has 0 aliphatic heterocycles. The number of nitrogens with zero attached hydrogens (tertiary/aromatic N) is 1. The lowest BCUT2D eigenvalue weighted by molar-refractivity contribution is -0.870. The van der Waals surface area contributed by atoms with E-state index in [2.05, 4.69) is 21.1 Å². The van der Waals surface area contributed by atoms with Crippen molar-refractivity contribution in [1.29, 1.82) is 0 Å². The van der Waals surface area contributed by atoms with Crippen LogP contribution in [0, 0.1) is 0 Å². The Morgan fingerprint density at radius 1 is 1.20 bits per heavy atom. The predicted octanol–water partition coefficient (Wildman–Crippen LogP) is -2.27. The van der Waals surface area contributed by atoms with Gasteiger partial charge in [0.15, 0.2) is 0 Å². The Bertz CT molecular complexity index is 70.5. The fourth-order valence-electron chi connectivity index (χ4n) is 0.483. The largest absolute Gasteiger partial charge is 1.00 e.